The van der Waals surface area contributed by atoms with Gasteiger partial charge in [0.25, 0.3) is 0 Å². The highest BCUT2D eigenvalue weighted by atomic mass is 32.2. The highest BCUT2D eigenvalue weighted by molar-refractivity contribution is 7.98. The molecule has 0 aromatic heterocycles. The Morgan fingerprint density at radius 1 is 1.57 bits per heavy atom. The molecule has 0 spiro atoms. The number of ketones is 1. The summed E-state index contributed by atoms with van der Waals surface area (Å²) in [5, 5.41) is 9.46. The van der Waals surface area contributed by atoms with Crippen LogP contribution in [0.25, 0.3) is 0 Å². The number of benzene rings is 1. The lowest BCUT2D eigenvalue weighted by Crippen LogP contribution is -2.26. The minimum Gasteiger partial charge on any atom is -0.507 e. The average molecular weight is 211 g/mol. The molecule has 3 nitrogen and oxygen atoms in total. The number of aromatic hydroxyl groups is 1. The topological polar surface area (TPSA) is 63.3 Å². The second-order valence-electron chi connectivity index (χ2n) is 3.04. The molecule has 0 fully saturated rings. The van der Waals surface area contributed by atoms with Crippen LogP contribution >= 0.6 is 11.8 Å². The number of phenolic OH excluding ortho intramolecular Hbond substituents is 1. The van der Waals surface area contributed by atoms with E-state index in [1.807, 2.05) is 6.26 Å². The van der Waals surface area contributed by atoms with Gasteiger partial charge >= 0.3 is 0 Å². The number of carbonyl (C=O) groups is 1. The van der Waals surface area contributed by atoms with Gasteiger partial charge in [0.05, 0.1) is 11.6 Å². The molecule has 0 bridgehead atoms. The molecule has 0 aliphatic heterocycles. The van der Waals surface area contributed by atoms with E-state index in [9.17, 15) is 9.90 Å². The minimum absolute atomic E-state index is 0.00917. The zero-order chi connectivity index (χ0) is 10.7. The standard InChI is InChI=1S/C10H13NO2S/c1-6(11)10(13)8-5-7(14-2)3-4-9(8)12/h3-6,12H,11H2,1-2H3. The van der Waals surface area contributed by atoms with Crippen LogP contribution in [0.5, 0.6) is 5.75 Å². The van der Waals surface area contributed by atoms with E-state index in [0.29, 0.717) is 5.56 Å². The zero-order valence-electron chi connectivity index (χ0n) is 8.15. The summed E-state index contributed by atoms with van der Waals surface area (Å²) in [4.78, 5) is 12.5. The molecule has 1 aromatic rings. The minimum atomic E-state index is -0.585. The van der Waals surface area contributed by atoms with Crippen molar-refractivity contribution < 1.29 is 9.90 Å². The molecule has 0 aliphatic carbocycles. The van der Waals surface area contributed by atoms with Gasteiger partial charge in [-0.1, -0.05) is 0 Å². The lowest BCUT2D eigenvalue weighted by Gasteiger charge is -2.07. The van der Waals surface area contributed by atoms with E-state index in [1.165, 1.54) is 17.8 Å². The highest BCUT2D eigenvalue weighted by Crippen LogP contribution is 2.24. The Kier molecular flexibility index (Phi) is 3.55. The molecule has 0 aliphatic rings. The van der Waals surface area contributed by atoms with Crippen molar-refractivity contribution in [3.05, 3.63) is 23.8 Å². The first-order valence-corrected chi connectivity index (χ1v) is 5.45. The maximum absolute atomic E-state index is 11.5. The smallest absolute Gasteiger partial charge is 0.182 e. The summed E-state index contributed by atoms with van der Waals surface area (Å²) in [7, 11) is 0. The fourth-order valence-electron chi connectivity index (χ4n) is 1.08. The summed E-state index contributed by atoms with van der Waals surface area (Å²) in [5.74, 6) is -0.247. The Labute approximate surface area is 87.3 Å². The summed E-state index contributed by atoms with van der Waals surface area (Å²) in [6.45, 7) is 1.60. The molecular weight excluding hydrogens is 198 g/mol. The van der Waals surface area contributed by atoms with Crippen molar-refractivity contribution in [2.75, 3.05) is 6.26 Å². The Morgan fingerprint density at radius 3 is 2.71 bits per heavy atom. The molecule has 1 rings (SSSR count). The Hall–Kier alpha value is -1.00. The van der Waals surface area contributed by atoms with E-state index in [0.717, 1.165) is 4.90 Å². The predicted octanol–water partition coefficient (Wildman–Crippen LogP) is 1.64. The van der Waals surface area contributed by atoms with E-state index >= 15 is 0 Å². The van der Waals surface area contributed by atoms with Crippen LogP contribution < -0.4 is 5.73 Å². The summed E-state index contributed by atoms with van der Waals surface area (Å²) in [5.41, 5.74) is 5.76. The lowest BCUT2D eigenvalue weighted by atomic mass is 10.1. The van der Waals surface area contributed by atoms with Crippen LogP contribution in [-0.2, 0) is 0 Å². The number of rotatable bonds is 3. The van der Waals surface area contributed by atoms with Crippen molar-refractivity contribution in [3.8, 4) is 5.75 Å². The van der Waals surface area contributed by atoms with Crippen molar-refractivity contribution in [2.24, 2.45) is 5.73 Å². The van der Waals surface area contributed by atoms with Crippen molar-refractivity contribution >= 4 is 17.5 Å². The number of Topliss-reactive ketones (excluding diaryl/α,β-unsaturated/α-hetero) is 1. The van der Waals surface area contributed by atoms with Gasteiger partial charge in [-0.15, -0.1) is 11.8 Å². The van der Waals surface area contributed by atoms with E-state index in [2.05, 4.69) is 0 Å². The number of hydrogen-bond acceptors (Lipinski definition) is 4. The van der Waals surface area contributed by atoms with Gasteiger partial charge < -0.3 is 10.8 Å². The van der Waals surface area contributed by atoms with Gasteiger partial charge in [-0.3, -0.25) is 4.79 Å². The molecule has 1 unspecified atom stereocenters. The number of carbonyl (C=O) groups excluding carboxylic acids is 1. The maximum Gasteiger partial charge on any atom is 0.182 e. The number of phenols is 1. The molecule has 1 atom stereocenters. The van der Waals surface area contributed by atoms with Crippen LogP contribution in [0, 0.1) is 0 Å². The molecule has 3 N–H and O–H groups in total. The van der Waals surface area contributed by atoms with Gasteiger partial charge in [-0.2, -0.15) is 0 Å². The zero-order valence-corrected chi connectivity index (χ0v) is 8.97. The van der Waals surface area contributed by atoms with E-state index < -0.39 is 6.04 Å². The quantitative estimate of drug-likeness (QED) is 0.589. The van der Waals surface area contributed by atoms with Gasteiger partial charge in [-0.05, 0) is 31.4 Å². The molecule has 1 aromatic carbocycles. The molecule has 0 saturated heterocycles. The molecule has 14 heavy (non-hydrogen) atoms. The molecule has 0 saturated carbocycles. The molecule has 76 valence electrons. The van der Waals surface area contributed by atoms with Crippen LogP contribution in [0.4, 0.5) is 0 Å². The fourth-order valence-corrected chi connectivity index (χ4v) is 1.52. The largest absolute Gasteiger partial charge is 0.507 e. The first-order chi connectivity index (χ1) is 6.56. The summed E-state index contributed by atoms with van der Waals surface area (Å²) in [6.07, 6.45) is 1.91. The summed E-state index contributed by atoms with van der Waals surface area (Å²) in [6, 6.07) is 4.35. The molecule has 0 amide bonds. The summed E-state index contributed by atoms with van der Waals surface area (Å²) < 4.78 is 0. The number of thioether (sulfide) groups is 1. The van der Waals surface area contributed by atoms with Gasteiger partial charge in [0.15, 0.2) is 5.78 Å². The second-order valence-corrected chi connectivity index (χ2v) is 3.92. The molecule has 4 heteroatoms. The number of hydrogen-bond donors (Lipinski definition) is 2. The molecule has 0 heterocycles. The van der Waals surface area contributed by atoms with Crippen molar-refractivity contribution in [1.29, 1.82) is 0 Å². The van der Waals surface area contributed by atoms with Crippen LogP contribution in [0.1, 0.15) is 17.3 Å². The van der Waals surface area contributed by atoms with E-state index in [-0.39, 0.29) is 11.5 Å². The maximum atomic E-state index is 11.5. The van der Waals surface area contributed by atoms with Crippen LogP contribution in [0.2, 0.25) is 0 Å². The molecule has 0 radical (unpaired) electrons. The third-order valence-electron chi connectivity index (χ3n) is 1.88. The van der Waals surface area contributed by atoms with Gasteiger partial charge in [-0.25, -0.2) is 0 Å². The average Bonchev–Trinajstić information content (AvgIpc) is 2.17. The van der Waals surface area contributed by atoms with Gasteiger partial charge in [0.2, 0.25) is 0 Å². The Balaban J connectivity index is 3.12. The first kappa shape index (κ1) is 11.1. The van der Waals surface area contributed by atoms with E-state index in [4.69, 9.17) is 5.73 Å². The summed E-state index contributed by atoms with van der Waals surface area (Å²) >= 11 is 1.52. The molecular formula is C10H13NO2S. The van der Waals surface area contributed by atoms with Crippen molar-refractivity contribution in [3.63, 3.8) is 0 Å². The van der Waals surface area contributed by atoms with Crippen LogP contribution in [0.15, 0.2) is 23.1 Å². The predicted molar refractivity (Wildman–Crippen MR) is 57.9 cm³/mol. The second kappa shape index (κ2) is 4.48. The number of nitrogens with two attached hydrogens (primary N) is 1. The van der Waals surface area contributed by atoms with Gasteiger partial charge in [0, 0.05) is 4.90 Å². The first-order valence-electron chi connectivity index (χ1n) is 4.23. The third-order valence-corrected chi connectivity index (χ3v) is 2.61. The van der Waals surface area contributed by atoms with Gasteiger partial charge in [0.1, 0.15) is 5.75 Å². The van der Waals surface area contributed by atoms with Crippen LogP contribution in [0.3, 0.4) is 0 Å². The van der Waals surface area contributed by atoms with Crippen LogP contribution in [-0.4, -0.2) is 23.2 Å². The highest BCUT2D eigenvalue weighted by Gasteiger charge is 2.15. The van der Waals surface area contributed by atoms with Crippen molar-refractivity contribution in [1.82, 2.24) is 0 Å². The van der Waals surface area contributed by atoms with Crippen molar-refractivity contribution in [2.45, 2.75) is 17.9 Å². The lowest BCUT2D eigenvalue weighted by molar-refractivity contribution is 0.0965. The normalized spacial score (nSPS) is 12.5. The Bertz CT molecular complexity index is 350. The van der Waals surface area contributed by atoms with E-state index in [1.54, 1.807) is 19.1 Å². The monoisotopic (exact) mass is 211 g/mol. The fraction of sp³-hybridized carbons (Fsp3) is 0.300. The Morgan fingerprint density at radius 2 is 2.21 bits per heavy atom. The third kappa shape index (κ3) is 2.27. The SMILES string of the molecule is CSc1ccc(O)c(C(=O)C(C)N)c1.